The van der Waals surface area contributed by atoms with E-state index in [4.69, 9.17) is 0 Å². The number of nitrogens with one attached hydrogen (secondary N) is 2. The number of benzene rings is 2. The molecule has 2 heterocycles. The van der Waals surface area contributed by atoms with E-state index >= 15 is 0 Å². The van der Waals surface area contributed by atoms with Gasteiger partial charge in [0, 0.05) is 25.7 Å². The summed E-state index contributed by atoms with van der Waals surface area (Å²) in [6, 6.07) is 17.3. The first-order chi connectivity index (χ1) is 14.5. The molecule has 2 atom stereocenters. The number of amidine groups is 1. The number of carbonyl (C=O) groups excluding carboxylic acids is 2. The maximum atomic E-state index is 12.8. The number of hydrogen-bond donors (Lipinski definition) is 2. The molecule has 0 bridgehead atoms. The van der Waals surface area contributed by atoms with Crippen molar-refractivity contribution in [2.45, 2.75) is 38.9 Å². The van der Waals surface area contributed by atoms with Gasteiger partial charge in [-0.3, -0.25) is 19.9 Å². The number of para-hydroxylation sites is 1. The molecule has 30 heavy (non-hydrogen) atoms. The van der Waals surface area contributed by atoms with Crippen LogP contribution in [0, 0.1) is 0 Å². The van der Waals surface area contributed by atoms with Gasteiger partial charge in [-0.15, -0.1) is 0 Å². The van der Waals surface area contributed by atoms with Crippen molar-refractivity contribution >= 4 is 23.3 Å². The van der Waals surface area contributed by atoms with Gasteiger partial charge < -0.3 is 5.32 Å². The second kappa shape index (κ2) is 8.67. The number of amides is 2. The number of carbonyl (C=O) groups is 2. The van der Waals surface area contributed by atoms with Gasteiger partial charge in [-0.1, -0.05) is 42.5 Å². The van der Waals surface area contributed by atoms with Crippen LogP contribution in [0.25, 0.3) is 0 Å². The largest absolute Gasteiger partial charge is 0.348 e. The highest BCUT2D eigenvalue weighted by atomic mass is 16.2. The minimum Gasteiger partial charge on any atom is -0.348 e. The van der Waals surface area contributed by atoms with E-state index in [-0.39, 0.29) is 23.7 Å². The highest BCUT2D eigenvalue weighted by molar-refractivity contribution is 6.39. The number of hydrogen-bond acceptors (Lipinski definition) is 5. The molecule has 4 rings (SSSR count). The Bertz CT molecular complexity index is 959. The third-order valence-corrected chi connectivity index (χ3v) is 5.69. The van der Waals surface area contributed by atoms with E-state index in [1.807, 2.05) is 30.3 Å². The molecule has 2 aromatic rings. The Balaban J connectivity index is 1.37. The van der Waals surface area contributed by atoms with E-state index in [1.165, 1.54) is 16.1 Å². The van der Waals surface area contributed by atoms with Crippen LogP contribution < -0.4 is 15.8 Å². The minimum absolute atomic E-state index is 0.155. The summed E-state index contributed by atoms with van der Waals surface area (Å²) in [6.45, 7) is 6.18. The third-order valence-electron chi connectivity index (χ3n) is 5.69. The smallest absolute Gasteiger partial charge is 0.288 e. The summed E-state index contributed by atoms with van der Waals surface area (Å²) in [6.07, 6.45) is 1.02. The fraction of sp³-hybridized carbons (Fsp3) is 0.348. The zero-order valence-electron chi connectivity index (χ0n) is 17.3. The van der Waals surface area contributed by atoms with Gasteiger partial charge in [0.2, 0.25) is 5.84 Å². The van der Waals surface area contributed by atoms with Gasteiger partial charge in [0.25, 0.3) is 11.8 Å². The van der Waals surface area contributed by atoms with Crippen LogP contribution in [0.3, 0.4) is 0 Å². The quantitative estimate of drug-likeness (QED) is 0.797. The lowest BCUT2D eigenvalue weighted by molar-refractivity contribution is -0.120. The monoisotopic (exact) mass is 405 g/mol. The van der Waals surface area contributed by atoms with Crippen molar-refractivity contribution in [1.29, 1.82) is 0 Å². The average molecular weight is 406 g/mol. The van der Waals surface area contributed by atoms with E-state index in [2.05, 4.69) is 51.8 Å². The molecule has 2 unspecified atom stereocenters. The summed E-state index contributed by atoms with van der Waals surface area (Å²) in [5.41, 5.74) is 6.31. The third kappa shape index (κ3) is 4.21. The minimum atomic E-state index is -0.622. The van der Waals surface area contributed by atoms with Crippen molar-refractivity contribution in [2.24, 2.45) is 4.99 Å². The predicted octanol–water partition coefficient (Wildman–Crippen LogP) is 1.89. The second-order valence-electron chi connectivity index (χ2n) is 7.82. The van der Waals surface area contributed by atoms with Gasteiger partial charge in [0.15, 0.2) is 0 Å². The summed E-state index contributed by atoms with van der Waals surface area (Å²) in [7, 11) is 0. The molecule has 0 radical (unpaired) electrons. The van der Waals surface area contributed by atoms with Crippen LogP contribution in [-0.4, -0.2) is 47.7 Å². The molecule has 2 aliphatic heterocycles. The first-order valence-electron chi connectivity index (χ1n) is 10.4. The molecule has 0 fully saturated rings. The van der Waals surface area contributed by atoms with Gasteiger partial charge in [0.05, 0.1) is 5.69 Å². The van der Waals surface area contributed by atoms with Gasteiger partial charge in [0.1, 0.15) is 6.04 Å². The van der Waals surface area contributed by atoms with Crippen molar-refractivity contribution in [2.75, 3.05) is 18.1 Å². The number of rotatable bonds is 5. The van der Waals surface area contributed by atoms with Crippen LogP contribution in [-0.2, 0) is 22.6 Å². The Kier molecular flexibility index (Phi) is 5.81. The van der Waals surface area contributed by atoms with Crippen LogP contribution in [0.5, 0.6) is 0 Å². The molecule has 7 nitrogen and oxygen atoms in total. The Morgan fingerprint density at radius 1 is 1.17 bits per heavy atom. The molecule has 2 amide bonds. The molecule has 0 aliphatic carbocycles. The maximum Gasteiger partial charge on any atom is 0.288 e. The summed E-state index contributed by atoms with van der Waals surface area (Å²) in [4.78, 5) is 31.9. The lowest BCUT2D eigenvalue weighted by atomic mass is 9.99. The molecule has 7 heteroatoms. The number of nitrogens with zero attached hydrogens (tertiary/aromatic N) is 3. The topological polar surface area (TPSA) is 77.0 Å². The van der Waals surface area contributed by atoms with Crippen molar-refractivity contribution in [3.05, 3.63) is 65.7 Å². The highest BCUT2D eigenvalue weighted by Crippen LogP contribution is 2.20. The number of aliphatic imine (C=N–C) groups is 1. The van der Waals surface area contributed by atoms with Gasteiger partial charge in [-0.2, -0.15) is 0 Å². The van der Waals surface area contributed by atoms with E-state index in [9.17, 15) is 9.59 Å². The Morgan fingerprint density at radius 3 is 2.63 bits per heavy atom. The second-order valence-corrected chi connectivity index (χ2v) is 7.82. The molecule has 0 saturated heterocycles. The van der Waals surface area contributed by atoms with Crippen molar-refractivity contribution in [1.82, 2.24) is 15.6 Å². The number of anilines is 1. The van der Waals surface area contributed by atoms with Gasteiger partial charge in [-0.05, 0) is 43.5 Å². The molecule has 156 valence electrons. The maximum absolute atomic E-state index is 12.8. The molecule has 2 N–H and O–H groups in total. The van der Waals surface area contributed by atoms with E-state index in [0.717, 1.165) is 19.5 Å². The molecular weight excluding hydrogens is 378 g/mol. The molecule has 2 aromatic carbocycles. The summed E-state index contributed by atoms with van der Waals surface area (Å²) < 4.78 is 0. The van der Waals surface area contributed by atoms with Crippen molar-refractivity contribution in [3.8, 4) is 0 Å². The molecule has 0 saturated carbocycles. The van der Waals surface area contributed by atoms with Gasteiger partial charge in [-0.25, -0.2) is 10.0 Å². The standard InChI is InChI=1S/C23H27N5O2/c1-16(27-13-12-18-8-6-7-9-19(18)15-27)14-24-22(29)21-25-17(2)23(30)28(26-21)20-10-4-3-5-11-20/h3-11,16-17H,12-15H2,1-2H3,(H,24,29)(H,25,26). The van der Waals surface area contributed by atoms with Crippen LogP contribution in [0.4, 0.5) is 5.69 Å². The number of fused-ring (bicyclic) bond motifs is 1. The normalized spacial score (nSPS) is 20.1. The van der Waals surface area contributed by atoms with Gasteiger partial charge >= 0.3 is 0 Å². The summed E-state index contributed by atoms with van der Waals surface area (Å²) in [5, 5.41) is 4.36. The predicted molar refractivity (Wildman–Crippen MR) is 117 cm³/mol. The fourth-order valence-electron chi connectivity index (χ4n) is 3.85. The summed E-state index contributed by atoms with van der Waals surface area (Å²) in [5.74, 6) is -0.347. The van der Waals surface area contributed by atoms with Crippen LogP contribution in [0.2, 0.25) is 0 Å². The zero-order chi connectivity index (χ0) is 21.1. The molecule has 2 aliphatic rings. The molecule has 0 spiro atoms. The van der Waals surface area contributed by atoms with Crippen LogP contribution in [0.1, 0.15) is 25.0 Å². The molecule has 0 aromatic heterocycles. The average Bonchev–Trinajstić information content (AvgIpc) is 2.79. The van der Waals surface area contributed by atoms with Crippen molar-refractivity contribution in [3.63, 3.8) is 0 Å². The van der Waals surface area contributed by atoms with E-state index in [0.29, 0.717) is 12.2 Å². The molecular formula is C23H27N5O2. The fourth-order valence-corrected chi connectivity index (χ4v) is 3.85. The van der Waals surface area contributed by atoms with Crippen LogP contribution in [0.15, 0.2) is 59.6 Å². The Hall–Kier alpha value is -3.19. The number of hydrazine groups is 1. The van der Waals surface area contributed by atoms with E-state index in [1.54, 1.807) is 6.92 Å². The Morgan fingerprint density at radius 2 is 1.87 bits per heavy atom. The SMILES string of the molecule is CC1N=C(C(=O)NCC(C)N2CCc3ccccc3C2)NN(c2ccccc2)C1=O. The van der Waals surface area contributed by atoms with E-state index < -0.39 is 6.04 Å². The van der Waals surface area contributed by atoms with Crippen molar-refractivity contribution < 1.29 is 9.59 Å². The zero-order valence-corrected chi connectivity index (χ0v) is 17.3. The van der Waals surface area contributed by atoms with Crippen LogP contribution >= 0.6 is 0 Å². The highest BCUT2D eigenvalue weighted by Gasteiger charge is 2.31. The first-order valence-corrected chi connectivity index (χ1v) is 10.4. The lowest BCUT2D eigenvalue weighted by Gasteiger charge is -2.34. The summed E-state index contributed by atoms with van der Waals surface area (Å²) >= 11 is 0. The lowest BCUT2D eigenvalue weighted by Crippen LogP contribution is -2.58. The Labute approximate surface area is 176 Å². The first kappa shape index (κ1) is 20.1.